The van der Waals surface area contributed by atoms with Gasteiger partial charge in [0.05, 0.1) is 11.7 Å². The van der Waals surface area contributed by atoms with Gasteiger partial charge >= 0.3 is 0 Å². The van der Waals surface area contributed by atoms with E-state index in [-0.39, 0.29) is 11.9 Å². The minimum Gasteiger partial charge on any atom is -0.324 e. The van der Waals surface area contributed by atoms with E-state index in [1.807, 2.05) is 35.7 Å². The van der Waals surface area contributed by atoms with Crippen LogP contribution in [0.1, 0.15) is 23.8 Å². The minimum atomic E-state index is -0.197. The maximum absolute atomic E-state index is 12.9. The number of likely N-dealkylation sites (tertiary alicyclic amines) is 1. The van der Waals surface area contributed by atoms with Crippen molar-refractivity contribution in [2.45, 2.75) is 18.9 Å². The first-order chi connectivity index (χ1) is 11.3. The number of nitrogens with one attached hydrogen (secondary N) is 2. The molecule has 3 heterocycles. The topological polar surface area (TPSA) is 61.0 Å². The van der Waals surface area contributed by atoms with Crippen molar-refractivity contribution < 1.29 is 4.79 Å². The molecule has 3 aromatic rings. The number of hydrogen-bond donors (Lipinski definition) is 2. The molecule has 118 valence electrons. The summed E-state index contributed by atoms with van der Waals surface area (Å²) in [7, 11) is 0. The van der Waals surface area contributed by atoms with Crippen molar-refractivity contribution in [3.8, 4) is 0 Å². The van der Waals surface area contributed by atoms with Crippen LogP contribution in [0, 0.1) is 0 Å². The third-order valence-corrected chi connectivity index (χ3v) is 5.20. The highest BCUT2D eigenvalue weighted by Gasteiger charge is 2.30. The van der Waals surface area contributed by atoms with Crippen LogP contribution in [0.25, 0.3) is 10.9 Å². The average molecular weight is 326 g/mol. The lowest BCUT2D eigenvalue weighted by Gasteiger charge is -2.25. The molecule has 1 fully saturated rings. The summed E-state index contributed by atoms with van der Waals surface area (Å²) in [5.41, 5.74) is 1.78. The van der Waals surface area contributed by atoms with Gasteiger partial charge in [-0.05, 0) is 55.6 Å². The van der Waals surface area contributed by atoms with Gasteiger partial charge in [-0.15, -0.1) is 11.3 Å². The zero-order valence-electron chi connectivity index (χ0n) is 12.7. The first kappa shape index (κ1) is 14.4. The lowest BCUT2D eigenvalue weighted by molar-refractivity contribution is -0.121. The molecule has 1 aromatic carbocycles. The first-order valence-corrected chi connectivity index (χ1v) is 8.71. The average Bonchev–Trinajstić information content (AvgIpc) is 3.30. The van der Waals surface area contributed by atoms with Crippen LogP contribution >= 0.6 is 11.3 Å². The van der Waals surface area contributed by atoms with E-state index >= 15 is 0 Å². The number of thiophene rings is 1. The molecule has 1 atom stereocenters. The second kappa shape index (κ2) is 6.14. The highest BCUT2D eigenvalue weighted by Crippen LogP contribution is 2.30. The maximum atomic E-state index is 12.9. The molecule has 0 saturated carbocycles. The summed E-state index contributed by atoms with van der Waals surface area (Å²) < 4.78 is 0. The number of carbonyl (C=O) groups is 1. The highest BCUT2D eigenvalue weighted by molar-refractivity contribution is 7.10. The Morgan fingerprint density at radius 3 is 2.96 bits per heavy atom. The van der Waals surface area contributed by atoms with Crippen LogP contribution in [0.3, 0.4) is 0 Å². The minimum absolute atomic E-state index is 0.0391. The number of rotatable bonds is 4. The van der Waals surface area contributed by atoms with Crippen LogP contribution in [-0.4, -0.2) is 34.1 Å². The predicted octanol–water partition coefficient (Wildman–Crippen LogP) is 3.40. The molecule has 23 heavy (non-hydrogen) atoms. The summed E-state index contributed by atoms with van der Waals surface area (Å²) in [6, 6.07) is 9.66. The van der Waals surface area contributed by atoms with Gasteiger partial charge in [-0.25, -0.2) is 0 Å². The zero-order chi connectivity index (χ0) is 15.6. The summed E-state index contributed by atoms with van der Waals surface area (Å²) in [5.74, 6) is 0.0391. The molecule has 0 spiro atoms. The molecule has 0 bridgehead atoms. The van der Waals surface area contributed by atoms with Gasteiger partial charge in [0, 0.05) is 16.0 Å². The van der Waals surface area contributed by atoms with Crippen LogP contribution in [0.2, 0.25) is 0 Å². The van der Waals surface area contributed by atoms with Gasteiger partial charge in [-0.2, -0.15) is 5.10 Å². The van der Waals surface area contributed by atoms with Gasteiger partial charge in [0.25, 0.3) is 0 Å². The number of aromatic amines is 1. The first-order valence-electron chi connectivity index (χ1n) is 7.83. The Balaban J connectivity index is 1.59. The molecule has 1 aliphatic heterocycles. The number of aromatic nitrogens is 2. The molecule has 1 aliphatic rings. The summed E-state index contributed by atoms with van der Waals surface area (Å²) in [6.07, 6.45) is 4.09. The molecule has 1 unspecified atom stereocenters. The van der Waals surface area contributed by atoms with Crippen molar-refractivity contribution in [2.75, 3.05) is 18.4 Å². The third kappa shape index (κ3) is 2.87. The molecule has 1 amide bonds. The van der Waals surface area contributed by atoms with Gasteiger partial charge in [0.1, 0.15) is 6.04 Å². The van der Waals surface area contributed by atoms with E-state index in [9.17, 15) is 4.79 Å². The molecule has 0 aliphatic carbocycles. The normalized spacial score (nSPS) is 16.7. The molecule has 1 saturated heterocycles. The van der Waals surface area contributed by atoms with Gasteiger partial charge in [0.2, 0.25) is 5.91 Å². The number of fused-ring (bicyclic) bond motifs is 1. The number of benzene rings is 1. The van der Waals surface area contributed by atoms with Crippen LogP contribution in [-0.2, 0) is 4.79 Å². The second-order valence-electron chi connectivity index (χ2n) is 5.82. The fraction of sp³-hybridized carbons (Fsp3) is 0.294. The lowest BCUT2D eigenvalue weighted by atomic mass is 10.1. The van der Waals surface area contributed by atoms with Crippen molar-refractivity contribution in [1.82, 2.24) is 15.1 Å². The summed E-state index contributed by atoms with van der Waals surface area (Å²) >= 11 is 1.64. The van der Waals surface area contributed by atoms with Crippen molar-refractivity contribution in [3.63, 3.8) is 0 Å². The van der Waals surface area contributed by atoms with Crippen molar-refractivity contribution in [1.29, 1.82) is 0 Å². The van der Waals surface area contributed by atoms with Gasteiger partial charge < -0.3 is 5.32 Å². The lowest BCUT2D eigenvalue weighted by Crippen LogP contribution is -2.34. The fourth-order valence-corrected chi connectivity index (χ4v) is 4.01. The standard InChI is InChI=1S/C17H18N4OS/c22-17(19-13-5-6-14-12(10-13)11-18-20-14)16(15-4-3-9-23-15)21-7-1-2-8-21/h3-6,9-11,16H,1-2,7-8H2,(H,18,20)(H,19,22). The van der Waals surface area contributed by atoms with Crippen molar-refractivity contribution >= 4 is 33.8 Å². The summed E-state index contributed by atoms with van der Waals surface area (Å²) in [5, 5.41) is 13.0. The van der Waals surface area contributed by atoms with E-state index in [2.05, 4.69) is 20.4 Å². The van der Waals surface area contributed by atoms with Crippen molar-refractivity contribution in [2.24, 2.45) is 0 Å². The van der Waals surface area contributed by atoms with E-state index in [0.717, 1.165) is 47.4 Å². The molecular weight excluding hydrogens is 308 g/mol. The van der Waals surface area contributed by atoms with Gasteiger partial charge in [0.15, 0.2) is 0 Å². The monoisotopic (exact) mass is 326 g/mol. The number of anilines is 1. The van der Waals surface area contributed by atoms with E-state index < -0.39 is 0 Å². The highest BCUT2D eigenvalue weighted by atomic mass is 32.1. The van der Waals surface area contributed by atoms with Gasteiger partial charge in [-0.3, -0.25) is 14.8 Å². The van der Waals surface area contributed by atoms with E-state index in [4.69, 9.17) is 0 Å². The Bertz CT molecular complexity index is 805. The Hall–Kier alpha value is -2.18. The van der Waals surface area contributed by atoms with Gasteiger partial charge in [-0.1, -0.05) is 6.07 Å². The molecule has 0 radical (unpaired) electrons. The molecular formula is C17H18N4OS. The van der Waals surface area contributed by atoms with Crippen molar-refractivity contribution in [3.05, 3.63) is 46.8 Å². The largest absolute Gasteiger partial charge is 0.324 e. The molecule has 2 N–H and O–H groups in total. The molecule has 2 aromatic heterocycles. The number of nitrogens with zero attached hydrogens (tertiary/aromatic N) is 2. The predicted molar refractivity (Wildman–Crippen MR) is 92.6 cm³/mol. The Kier molecular flexibility index (Phi) is 3.85. The van der Waals surface area contributed by atoms with Crippen LogP contribution in [0.5, 0.6) is 0 Å². The maximum Gasteiger partial charge on any atom is 0.247 e. The molecule has 5 nitrogen and oxygen atoms in total. The Morgan fingerprint density at radius 1 is 1.30 bits per heavy atom. The summed E-state index contributed by atoms with van der Waals surface area (Å²) in [6.45, 7) is 1.97. The van der Waals surface area contributed by atoms with E-state index in [0.29, 0.717) is 0 Å². The third-order valence-electron chi connectivity index (χ3n) is 4.27. The van der Waals surface area contributed by atoms with E-state index in [1.165, 1.54) is 0 Å². The zero-order valence-corrected chi connectivity index (χ0v) is 13.5. The Labute approximate surface area is 138 Å². The number of amides is 1. The Morgan fingerprint density at radius 2 is 2.17 bits per heavy atom. The quantitative estimate of drug-likeness (QED) is 0.772. The number of hydrogen-bond acceptors (Lipinski definition) is 4. The van der Waals surface area contributed by atoms with Crippen LogP contribution < -0.4 is 5.32 Å². The number of H-pyrrole nitrogens is 1. The van der Waals surface area contributed by atoms with Crippen LogP contribution in [0.4, 0.5) is 5.69 Å². The molecule has 4 rings (SSSR count). The smallest absolute Gasteiger partial charge is 0.247 e. The fourth-order valence-electron chi connectivity index (χ4n) is 3.15. The van der Waals surface area contributed by atoms with E-state index in [1.54, 1.807) is 17.5 Å². The SMILES string of the molecule is O=C(Nc1ccc2[nH]ncc2c1)C(c1cccs1)N1CCCC1. The van der Waals surface area contributed by atoms with Crippen LogP contribution in [0.15, 0.2) is 41.9 Å². The molecule has 6 heteroatoms. The summed E-state index contributed by atoms with van der Waals surface area (Å²) in [4.78, 5) is 16.3. The number of carbonyl (C=O) groups excluding carboxylic acids is 1. The second-order valence-corrected chi connectivity index (χ2v) is 6.80.